The van der Waals surface area contributed by atoms with Crippen molar-refractivity contribution in [2.75, 3.05) is 0 Å². The quantitative estimate of drug-likeness (QED) is 0.679. The third-order valence-corrected chi connectivity index (χ3v) is 4.35. The number of primary amides is 1. The Labute approximate surface area is 89.5 Å². The lowest BCUT2D eigenvalue weighted by Gasteiger charge is -2.55. The Morgan fingerprint density at radius 3 is 2.00 bits per heavy atom. The summed E-state index contributed by atoms with van der Waals surface area (Å²) in [4.78, 5) is 16.3. The Kier molecular flexibility index (Phi) is 1.96. The fraction of sp³-hybridized carbons (Fsp3) is 0.909. The Balaban J connectivity index is 1.72. The second-order valence-electron chi connectivity index (χ2n) is 5.67. The highest BCUT2D eigenvalue weighted by molar-refractivity contribution is 5.70. The molecule has 0 saturated heterocycles. The van der Waals surface area contributed by atoms with Crippen molar-refractivity contribution in [3.8, 4) is 0 Å². The summed E-state index contributed by atoms with van der Waals surface area (Å²) in [5.74, 6) is 2.47. The predicted octanol–water partition coefficient (Wildman–Crippen LogP) is 1.56. The van der Waals surface area contributed by atoms with Gasteiger partial charge in [0, 0.05) is 0 Å². The van der Waals surface area contributed by atoms with Crippen LogP contribution in [-0.2, 0) is 4.84 Å². The number of hydrogen-bond acceptors (Lipinski definition) is 2. The lowest BCUT2D eigenvalue weighted by Crippen LogP contribution is -2.54. The summed E-state index contributed by atoms with van der Waals surface area (Å²) in [5.41, 5.74) is 7.31. The van der Waals surface area contributed by atoms with Gasteiger partial charge in [0.05, 0.1) is 5.60 Å². The van der Waals surface area contributed by atoms with Gasteiger partial charge in [-0.2, -0.15) is 0 Å². The Morgan fingerprint density at radius 2 is 1.60 bits per heavy atom. The van der Waals surface area contributed by atoms with Crippen LogP contribution in [0.2, 0.25) is 0 Å². The van der Waals surface area contributed by atoms with Gasteiger partial charge in [-0.25, -0.2) is 10.3 Å². The average molecular weight is 210 g/mol. The molecule has 4 heteroatoms. The second-order valence-corrected chi connectivity index (χ2v) is 5.67. The highest BCUT2D eigenvalue weighted by Gasteiger charge is 2.52. The van der Waals surface area contributed by atoms with E-state index < -0.39 is 6.03 Å². The highest BCUT2D eigenvalue weighted by atomic mass is 16.7. The maximum absolute atomic E-state index is 10.7. The molecule has 0 aromatic carbocycles. The van der Waals surface area contributed by atoms with Crippen LogP contribution in [0.25, 0.3) is 0 Å². The molecule has 4 aliphatic rings. The van der Waals surface area contributed by atoms with Gasteiger partial charge in [0.25, 0.3) is 0 Å². The number of amides is 2. The summed E-state index contributed by atoms with van der Waals surface area (Å²) in [6, 6.07) is -0.578. The number of hydroxylamine groups is 1. The van der Waals surface area contributed by atoms with E-state index in [0.717, 1.165) is 37.0 Å². The third-order valence-electron chi connectivity index (χ3n) is 4.35. The van der Waals surface area contributed by atoms with Crippen LogP contribution in [-0.4, -0.2) is 11.6 Å². The van der Waals surface area contributed by atoms with Crippen LogP contribution in [0.15, 0.2) is 0 Å². The summed E-state index contributed by atoms with van der Waals surface area (Å²) in [5, 5.41) is 0. The second kappa shape index (κ2) is 3.11. The molecule has 2 amide bonds. The molecule has 4 saturated carbocycles. The zero-order chi connectivity index (χ0) is 10.5. The van der Waals surface area contributed by atoms with Crippen molar-refractivity contribution < 1.29 is 9.63 Å². The summed E-state index contributed by atoms with van der Waals surface area (Å²) in [7, 11) is 0. The Morgan fingerprint density at radius 1 is 1.13 bits per heavy atom. The lowest BCUT2D eigenvalue weighted by molar-refractivity contribution is -0.185. The van der Waals surface area contributed by atoms with Crippen molar-refractivity contribution >= 4 is 6.03 Å². The fourth-order valence-electron chi connectivity index (χ4n) is 4.31. The molecule has 4 fully saturated rings. The minimum atomic E-state index is -0.578. The van der Waals surface area contributed by atoms with Gasteiger partial charge in [0.2, 0.25) is 0 Å². The van der Waals surface area contributed by atoms with E-state index in [1.807, 2.05) is 0 Å². The van der Waals surface area contributed by atoms with E-state index in [-0.39, 0.29) is 5.60 Å². The molecule has 4 aliphatic carbocycles. The van der Waals surface area contributed by atoms with Crippen LogP contribution in [0.4, 0.5) is 4.79 Å². The van der Waals surface area contributed by atoms with Crippen LogP contribution >= 0.6 is 0 Å². The largest absolute Gasteiger partial charge is 0.350 e. The third kappa shape index (κ3) is 1.61. The number of urea groups is 1. The molecule has 0 heterocycles. The summed E-state index contributed by atoms with van der Waals surface area (Å²) >= 11 is 0. The summed E-state index contributed by atoms with van der Waals surface area (Å²) < 4.78 is 0. The van der Waals surface area contributed by atoms with Gasteiger partial charge in [-0.15, -0.1) is 0 Å². The first-order valence-corrected chi connectivity index (χ1v) is 5.89. The Bertz CT molecular complexity index is 255. The van der Waals surface area contributed by atoms with E-state index >= 15 is 0 Å². The lowest BCUT2D eigenvalue weighted by atomic mass is 9.54. The fourth-order valence-corrected chi connectivity index (χ4v) is 4.31. The monoisotopic (exact) mass is 210 g/mol. The normalized spacial score (nSPS) is 46.8. The molecule has 4 rings (SSSR count). The molecule has 0 atom stereocenters. The Hall–Kier alpha value is -0.770. The number of nitrogens with two attached hydrogens (primary N) is 1. The summed E-state index contributed by atoms with van der Waals surface area (Å²) in [6.07, 6.45) is 7.45. The molecule has 0 unspecified atom stereocenters. The molecule has 4 bridgehead atoms. The van der Waals surface area contributed by atoms with Crippen LogP contribution in [0.5, 0.6) is 0 Å². The predicted molar refractivity (Wildman–Crippen MR) is 54.7 cm³/mol. The van der Waals surface area contributed by atoms with Gasteiger partial charge in [0.15, 0.2) is 0 Å². The molecule has 4 nitrogen and oxygen atoms in total. The SMILES string of the molecule is NC(=O)NOC12CC3CC(CC(C3)C1)C2. The van der Waals surface area contributed by atoms with E-state index in [9.17, 15) is 4.79 Å². The van der Waals surface area contributed by atoms with Crippen LogP contribution in [0.3, 0.4) is 0 Å². The van der Waals surface area contributed by atoms with Crippen molar-refractivity contribution in [3.05, 3.63) is 0 Å². The molecule has 3 N–H and O–H groups in total. The molecular weight excluding hydrogens is 192 g/mol. The molecule has 0 radical (unpaired) electrons. The van der Waals surface area contributed by atoms with E-state index in [4.69, 9.17) is 10.6 Å². The van der Waals surface area contributed by atoms with Crippen molar-refractivity contribution in [1.29, 1.82) is 0 Å². The zero-order valence-electron chi connectivity index (χ0n) is 8.87. The first-order valence-electron chi connectivity index (χ1n) is 5.89. The molecular formula is C11H18N2O2. The number of nitrogens with one attached hydrogen (secondary N) is 1. The molecule has 15 heavy (non-hydrogen) atoms. The van der Waals surface area contributed by atoms with Crippen molar-refractivity contribution in [2.24, 2.45) is 23.5 Å². The van der Waals surface area contributed by atoms with Gasteiger partial charge in [0.1, 0.15) is 0 Å². The molecule has 0 aromatic heterocycles. The van der Waals surface area contributed by atoms with E-state index in [1.54, 1.807) is 0 Å². The topological polar surface area (TPSA) is 64.4 Å². The molecule has 0 aromatic rings. The smallest absolute Gasteiger partial charge is 0.336 e. The average Bonchev–Trinajstić information content (AvgIpc) is 2.12. The van der Waals surface area contributed by atoms with E-state index in [0.29, 0.717) is 0 Å². The first kappa shape index (κ1) is 9.46. The first-order chi connectivity index (χ1) is 7.15. The number of carbonyl (C=O) groups excluding carboxylic acids is 1. The molecule has 0 aliphatic heterocycles. The van der Waals surface area contributed by atoms with Crippen LogP contribution in [0.1, 0.15) is 38.5 Å². The number of hydrogen-bond donors (Lipinski definition) is 2. The van der Waals surface area contributed by atoms with Crippen molar-refractivity contribution in [3.63, 3.8) is 0 Å². The van der Waals surface area contributed by atoms with Crippen LogP contribution in [0, 0.1) is 17.8 Å². The summed E-state index contributed by atoms with van der Waals surface area (Å²) in [6.45, 7) is 0. The minimum Gasteiger partial charge on any atom is -0.350 e. The highest BCUT2D eigenvalue weighted by Crippen LogP contribution is 2.56. The van der Waals surface area contributed by atoms with Crippen molar-refractivity contribution in [1.82, 2.24) is 5.48 Å². The minimum absolute atomic E-state index is 0.0796. The standard InChI is InChI=1S/C11H18N2O2/c12-10(14)13-15-11-4-7-1-8(5-11)3-9(2-7)6-11/h7-9H,1-6H2,(H3,12,13,14). The zero-order valence-corrected chi connectivity index (χ0v) is 8.87. The van der Waals surface area contributed by atoms with Gasteiger partial charge in [-0.3, -0.25) is 4.84 Å². The maximum Gasteiger partial charge on any atom is 0.336 e. The van der Waals surface area contributed by atoms with Gasteiger partial charge in [-0.1, -0.05) is 0 Å². The van der Waals surface area contributed by atoms with Gasteiger partial charge < -0.3 is 5.73 Å². The van der Waals surface area contributed by atoms with E-state index in [2.05, 4.69) is 5.48 Å². The van der Waals surface area contributed by atoms with Crippen molar-refractivity contribution in [2.45, 2.75) is 44.1 Å². The van der Waals surface area contributed by atoms with E-state index in [1.165, 1.54) is 19.3 Å². The molecule has 84 valence electrons. The maximum atomic E-state index is 10.7. The van der Waals surface area contributed by atoms with Gasteiger partial charge >= 0.3 is 6.03 Å². The molecule has 0 spiro atoms. The number of rotatable bonds is 2. The van der Waals surface area contributed by atoms with Crippen LogP contribution < -0.4 is 11.2 Å². The van der Waals surface area contributed by atoms with Gasteiger partial charge in [-0.05, 0) is 56.3 Å². The number of carbonyl (C=O) groups is 1.